The van der Waals surface area contributed by atoms with Gasteiger partial charge in [0.15, 0.2) is 0 Å². The van der Waals surface area contributed by atoms with Crippen LogP contribution in [0.1, 0.15) is 59.9 Å². The number of allylic oxidation sites excluding steroid dienone is 2. The minimum atomic E-state index is -0.963. The fraction of sp³-hybridized carbons (Fsp3) is 0.480. The van der Waals surface area contributed by atoms with Gasteiger partial charge in [-0.15, -0.1) is 0 Å². The minimum Gasteiger partial charge on any atom is -0.466 e. The Morgan fingerprint density at radius 1 is 1.11 bits per heavy atom. The third kappa shape index (κ3) is 6.46. The van der Waals surface area contributed by atoms with Gasteiger partial charge in [0.2, 0.25) is 0 Å². The van der Waals surface area contributed by atoms with Crippen molar-refractivity contribution in [2.45, 2.75) is 66.0 Å². The highest BCUT2D eigenvalue weighted by Gasteiger charge is 2.39. The van der Waals surface area contributed by atoms with Crippen LogP contribution in [0.3, 0.4) is 0 Å². The van der Waals surface area contributed by atoms with Crippen LogP contribution >= 0.6 is 0 Å². The first-order valence-electron chi connectivity index (χ1n) is 11.2. The number of ether oxygens (including phenoxy) is 2. The van der Waals surface area contributed by atoms with Gasteiger partial charge in [0.1, 0.15) is 11.6 Å². The zero-order chi connectivity index (χ0) is 26.7. The minimum absolute atomic E-state index is 0.141. The summed E-state index contributed by atoms with van der Waals surface area (Å²) in [6.07, 6.45) is 0. The largest absolute Gasteiger partial charge is 0.466 e. The van der Waals surface area contributed by atoms with Crippen LogP contribution < -0.4 is 10.6 Å². The molecule has 0 bridgehead atoms. The first-order chi connectivity index (χ1) is 16.2. The van der Waals surface area contributed by atoms with E-state index in [1.54, 1.807) is 54.5 Å². The van der Waals surface area contributed by atoms with E-state index < -0.39 is 40.3 Å². The average Bonchev–Trinajstić information content (AvgIpc) is 2.74. The molecule has 0 aromatic heterocycles. The molecule has 0 spiro atoms. The van der Waals surface area contributed by atoms with Gasteiger partial charge in [-0.25, -0.2) is 9.59 Å². The highest BCUT2D eigenvalue weighted by molar-refractivity contribution is 6.03. The number of benzene rings is 1. The molecule has 0 saturated heterocycles. The van der Waals surface area contributed by atoms with Crippen LogP contribution in [-0.2, 0) is 23.9 Å². The predicted molar refractivity (Wildman–Crippen MR) is 129 cm³/mol. The van der Waals surface area contributed by atoms with Gasteiger partial charge in [0, 0.05) is 29.1 Å². The van der Waals surface area contributed by atoms with Gasteiger partial charge >= 0.3 is 11.9 Å². The number of methoxy groups -OCH3 is 1. The standard InChI is InChI=1S/C25H33N3O7/c1-13(2)21(24(31)35-25(5,6)7)27-22(29)18-14(3)26-15(4)19(23(30)34-8)20(18)16-10-9-11-17(12-16)28(32)33/h9-13,20-21,26H,1-8H3,(H,27,29)/t20?,21-/m1/s1. The van der Waals surface area contributed by atoms with E-state index in [9.17, 15) is 24.5 Å². The predicted octanol–water partition coefficient (Wildman–Crippen LogP) is 3.49. The topological polar surface area (TPSA) is 137 Å². The van der Waals surface area contributed by atoms with Crippen molar-refractivity contribution in [2.24, 2.45) is 5.92 Å². The molecule has 1 aromatic carbocycles. The Kier molecular flexibility index (Phi) is 8.43. The van der Waals surface area contributed by atoms with Crippen molar-refractivity contribution >= 4 is 23.5 Å². The number of amides is 1. The number of rotatable bonds is 7. The molecule has 10 heteroatoms. The molecule has 1 amide bonds. The number of nitro benzene ring substituents is 1. The maximum atomic E-state index is 13.6. The van der Waals surface area contributed by atoms with E-state index in [0.717, 1.165) is 0 Å². The molecule has 1 heterocycles. The Morgan fingerprint density at radius 2 is 1.71 bits per heavy atom. The van der Waals surface area contributed by atoms with E-state index in [1.165, 1.54) is 25.3 Å². The van der Waals surface area contributed by atoms with Gasteiger partial charge in [0.25, 0.3) is 11.6 Å². The lowest BCUT2D eigenvalue weighted by Gasteiger charge is -2.32. The Bertz CT molecular complexity index is 1100. The fourth-order valence-electron chi connectivity index (χ4n) is 3.91. The number of hydrogen-bond acceptors (Lipinski definition) is 8. The second-order valence-corrected chi connectivity index (χ2v) is 9.71. The molecule has 2 rings (SSSR count). The molecule has 1 aliphatic heterocycles. The van der Waals surface area contributed by atoms with Crippen molar-refractivity contribution in [3.63, 3.8) is 0 Å². The van der Waals surface area contributed by atoms with E-state index in [-0.39, 0.29) is 22.8 Å². The molecular weight excluding hydrogens is 454 g/mol. The summed E-state index contributed by atoms with van der Waals surface area (Å²) in [5.74, 6) is -3.13. The van der Waals surface area contributed by atoms with Gasteiger partial charge in [-0.3, -0.25) is 14.9 Å². The normalized spacial score (nSPS) is 17.0. The summed E-state index contributed by atoms with van der Waals surface area (Å²) in [7, 11) is 1.22. The Morgan fingerprint density at radius 3 is 2.23 bits per heavy atom. The van der Waals surface area contributed by atoms with E-state index >= 15 is 0 Å². The number of esters is 2. The number of nitro groups is 1. The number of non-ortho nitro benzene ring substituents is 1. The Hall–Kier alpha value is -3.69. The number of carbonyl (C=O) groups excluding carboxylic acids is 3. The molecule has 1 aromatic rings. The average molecular weight is 488 g/mol. The molecule has 10 nitrogen and oxygen atoms in total. The van der Waals surface area contributed by atoms with Crippen LogP contribution in [0.2, 0.25) is 0 Å². The monoisotopic (exact) mass is 487 g/mol. The van der Waals surface area contributed by atoms with Crippen molar-refractivity contribution < 1.29 is 28.8 Å². The lowest BCUT2D eigenvalue weighted by Crippen LogP contribution is -2.49. The van der Waals surface area contributed by atoms with Gasteiger partial charge in [0.05, 0.1) is 23.5 Å². The number of carbonyl (C=O) groups is 3. The van der Waals surface area contributed by atoms with Crippen LogP contribution in [0, 0.1) is 16.0 Å². The molecule has 190 valence electrons. The maximum absolute atomic E-state index is 13.6. The van der Waals surface area contributed by atoms with E-state index in [0.29, 0.717) is 17.0 Å². The third-order valence-electron chi connectivity index (χ3n) is 5.44. The summed E-state index contributed by atoms with van der Waals surface area (Å²) in [5.41, 5.74) is 0.607. The second-order valence-electron chi connectivity index (χ2n) is 9.71. The highest BCUT2D eigenvalue weighted by atomic mass is 16.6. The quantitative estimate of drug-likeness (QED) is 0.339. The molecule has 1 unspecified atom stereocenters. The van der Waals surface area contributed by atoms with Crippen LogP contribution in [0.4, 0.5) is 5.69 Å². The lowest BCUT2D eigenvalue weighted by molar-refractivity contribution is -0.384. The van der Waals surface area contributed by atoms with E-state index in [4.69, 9.17) is 9.47 Å². The summed E-state index contributed by atoms with van der Waals surface area (Å²) in [6, 6.07) is 4.78. The molecule has 0 saturated carbocycles. The molecule has 2 N–H and O–H groups in total. The third-order valence-corrected chi connectivity index (χ3v) is 5.44. The number of hydrogen-bond donors (Lipinski definition) is 2. The number of nitrogens with zero attached hydrogens (tertiary/aromatic N) is 1. The summed E-state index contributed by atoms with van der Waals surface area (Å²) < 4.78 is 10.4. The summed E-state index contributed by atoms with van der Waals surface area (Å²) in [5, 5.41) is 17.2. The van der Waals surface area contributed by atoms with Crippen LogP contribution in [-0.4, -0.2) is 41.5 Å². The number of dihydropyridines is 1. The molecule has 2 atom stereocenters. The van der Waals surface area contributed by atoms with Crippen molar-refractivity contribution in [3.8, 4) is 0 Å². The van der Waals surface area contributed by atoms with Crippen molar-refractivity contribution in [1.82, 2.24) is 10.6 Å². The molecular formula is C25H33N3O7. The van der Waals surface area contributed by atoms with Gasteiger partial charge in [-0.05, 0) is 46.1 Å². The summed E-state index contributed by atoms with van der Waals surface area (Å²) in [6.45, 7) is 12.1. The zero-order valence-corrected chi connectivity index (χ0v) is 21.3. The molecule has 0 radical (unpaired) electrons. The smallest absolute Gasteiger partial charge is 0.336 e. The van der Waals surface area contributed by atoms with Crippen molar-refractivity contribution in [1.29, 1.82) is 0 Å². The first kappa shape index (κ1) is 27.6. The van der Waals surface area contributed by atoms with Crippen molar-refractivity contribution in [3.05, 3.63) is 62.5 Å². The van der Waals surface area contributed by atoms with E-state index in [2.05, 4.69) is 10.6 Å². The molecule has 0 aliphatic carbocycles. The Labute approximate surface area is 204 Å². The lowest BCUT2D eigenvalue weighted by atomic mass is 9.79. The van der Waals surface area contributed by atoms with E-state index in [1.807, 2.05) is 0 Å². The second kappa shape index (κ2) is 10.7. The van der Waals surface area contributed by atoms with Crippen LogP contribution in [0.15, 0.2) is 46.8 Å². The SMILES string of the molecule is COC(=O)C1=C(C)NC(C)=C(C(=O)N[C@@H](C(=O)OC(C)(C)C)C(C)C)C1c1cccc([N+](=O)[O-])c1. The van der Waals surface area contributed by atoms with Crippen molar-refractivity contribution in [2.75, 3.05) is 7.11 Å². The molecule has 1 aliphatic rings. The Balaban J connectivity index is 2.60. The zero-order valence-electron chi connectivity index (χ0n) is 21.3. The maximum Gasteiger partial charge on any atom is 0.336 e. The van der Waals surface area contributed by atoms with Gasteiger partial charge in [-0.1, -0.05) is 26.0 Å². The van der Waals surface area contributed by atoms with Crippen LogP contribution in [0.5, 0.6) is 0 Å². The van der Waals surface area contributed by atoms with Gasteiger partial charge < -0.3 is 20.1 Å². The van der Waals surface area contributed by atoms with Crippen LogP contribution in [0.25, 0.3) is 0 Å². The molecule has 35 heavy (non-hydrogen) atoms. The van der Waals surface area contributed by atoms with Gasteiger partial charge in [-0.2, -0.15) is 0 Å². The first-order valence-corrected chi connectivity index (χ1v) is 11.2. The summed E-state index contributed by atoms with van der Waals surface area (Å²) >= 11 is 0. The fourth-order valence-corrected chi connectivity index (χ4v) is 3.91. The summed E-state index contributed by atoms with van der Waals surface area (Å²) in [4.78, 5) is 50.1. The molecule has 0 fully saturated rings. The highest BCUT2D eigenvalue weighted by Crippen LogP contribution is 2.39. The number of nitrogens with one attached hydrogen (secondary N) is 2.